The normalized spacial score (nSPS) is 11.1. The molecule has 0 aliphatic carbocycles. The number of carbonyl (C=O) groups excluding carboxylic acids is 1. The molecule has 24 heavy (non-hydrogen) atoms. The fraction of sp³-hybridized carbons (Fsp3) is 0.375. The van der Waals surface area contributed by atoms with Gasteiger partial charge in [0.15, 0.2) is 0 Å². The number of aromatic nitrogens is 4. The minimum Gasteiger partial charge on any atom is -0.333 e. The number of carbonyl (C=O) groups is 1. The van der Waals surface area contributed by atoms with Crippen LogP contribution in [0.5, 0.6) is 0 Å². The van der Waals surface area contributed by atoms with Crippen molar-refractivity contribution in [1.29, 1.82) is 0 Å². The van der Waals surface area contributed by atoms with Gasteiger partial charge in [0.05, 0.1) is 17.8 Å². The second-order valence-corrected chi connectivity index (χ2v) is 6.62. The minimum atomic E-state index is -0.170. The molecule has 0 aliphatic heterocycles. The highest BCUT2D eigenvalue weighted by atomic mass is 32.1. The number of amides is 1. The third kappa shape index (κ3) is 3.09. The Kier molecular flexibility index (Phi) is 4.48. The van der Waals surface area contributed by atoms with Crippen molar-refractivity contribution in [2.45, 2.75) is 26.3 Å². The molecule has 0 aliphatic rings. The predicted molar refractivity (Wildman–Crippen MR) is 93.2 cm³/mol. The van der Waals surface area contributed by atoms with Crippen LogP contribution in [0.4, 0.5) is 0 Å². The molecule has 0 bridgehead atoms. The second-order valence-electron chi connectivity index (χ2n) is 5.70. The lowest BCUT2D eigenvalue weighted by Gasteiger charge is -2.16. The van der Waals surface area contributed by atoms with Gasteiger partial charge in [0.1, 0.15) is 16.2 Å². The molecule has 7 nitrogen and oxygen atoms in total. The van der Waals surface area contributed by atoms with Crippen LogP contribution >= 0.6 is 11.3 Å². The molecule has 0 radical (unpaired) electrons. The number of H-pyrrole nitrogens is 1. The van der Waals surface area contributed by atoms with E-state index in [1.54, 1.807) is 24.8 Å². The van der Waals surface area contributed by atoms with Crippen LogP contribution in [0.15, 0.2) is 22.3 Å². The maximum absolute atomic E-state index is 12.6. The first-order valence-corrected chi connectivity index (χ1v) is 8.62. The Bertz CT molecular complexity index is 939. The van der Waals surface area contributed by atoms with E-state index in [-0.39, 0.29) is 18.0 Å². The monoisotopic (exact) mass is 345 g/mol. The fourth-order valence-corrected chi connectivity index (χ4v) is 3.32. The van der Waals surface area contributed by atoms with E-state index in [9.17, 15) is 9.59 Å². The first-order chi connectivity index (χ1) is 11.5. The third-order valence-electron chi connectivity index (χ3n) is 3.75. The summed E-state index contributed by atoms with van der Waals surface area (Å²) in [4.78, 5) is 33.3. The molecule has 126 valence electrons. The second kappa shape index (κ2) is 6.56. The average Bonchev–Trinajstić information content (AvgIpc) is 3.13. The van der Waals surface area contributed by atoms with Crippen LogP contribution in [0.25, 0.3) is 10.2 Å². The van der Waals surface area contributed by atoms with Crippen molar-refractivity contribution in [2.24, 2.45) is 7.05 Å². The number of aryl methyl sites for hydroxylation is 2. The van der Waals surface area contributed by atoms with Crippen molar-refractivity contribution in [3.05, 3.63) is 45.1 Å². The molecule has 3 rings (SSSR count). The van der Waals surface area contributed by atoms with Crippen molar-refractivity contribution < 1.29 is 4.79 Å². The molecule has 3 aromatic heterocycles. The lowest BCUT2D eigenvalue weighted by atomic mass is 10.2. The molecule has 3 heterocycles. The van der Waals surface area contributed by atoms with Crippen LogP contribution in [0.3, 0.4) is 0 Å². The van der Waals surface area contributed by atoms with E-state index in [2.05, 4.69) is 22.0 Å². The van der Waals surface area contributed by atoms with Crippen molar-refractivity contribution in [3.8, 4) is 0 Å². The van der Waals surface area contributed by atoms with E-state index in [0.29, 0.717) is 21.7 Å². The molecule has 0 saturated carbocycles. The van der Waals surface area contributed by atoms with Gasteiger partial charge in [-0.3, -0.25) is 14.3 Å². The minimum absolute atomic E-state index is 0.152. The number of nitrogens with zero attached hydrogens (tertiary/aromatic N) is 4. The van der Waals surface area contributed by atoms with Gasteiger partial charge < -0.3 is 9.88 Å². The van der Waals surface area contributed by atoms with E-state index in [1.165, 1.54) is 16.2 Å². The summed E-state index contributed by atoms with van der Waals surface area (Å²) in [5.41, 5.74) is 1.92. The fourth-order valence-electron chi connectivity index (χ4n) is 2.59. The zero-order valence-corrected chi connectivity index (χ0v) is 14.7. The molecule has 0 unspecified atom stereocenters. The summed E-state index contributed by atoms with van der Waals surface area (Å²) >= 11 is 1.36. The SMILES string of the molecule is CCCc1cc(C(=O)N(C)Cc2nc3ccsc3c(=O)[nH]2)n(C)n1. The number of thiophene rings is 1. The summed E-state index contributed by atoms with van der Waals surface area (Å²) < 4.78 is 2.20. The molecule has 0 saturated heterocycles. The quantitative estimate of drug-likeness (QED) is 0.766. The number of nitrogens with one attached hydrogen (secondary N) is 1. The van der Waals surface area contributed by atoms with Crippen LogP contribution < -0.4 is 5.56 Å². The van der Waals surface area contributed by atoms with Crippen molar-refractivity contribution >= 4 is 27.5 Å². The lowest BCUT2D eigenvalue weighted by Crippen LogP contribution is -2.29. The first-order valence-electron chi connectivity index (χ1n) is 7.74. The number of hydrogen-bond donors (Lipinski definition) is 1. The number of rotatable bonds is 5. The Morgan fingerprint density at radius 1 is 1.46 bits per heavy atom. The smallest absolute Gasteiger partial charge is 0.272 e. The zero-order chi connectivity index (χ0) is 17.3. The molecule has 3 aromatic rings. The van der Waals surface area contributed by atoms with Gasteiger partial charge in [-0.05, 0) is 23.9 Å². The standard InChI is InChI=1S/C16H19N5O2S/c1-4-5-10-8-12(21(3)19-10)16(23)20(2)9-13-17-11-6-7-24-14(11)15(22)18-13/h6-8H,4-5,9H2,1-3H3,(H,17,18,22). The molecular formula is C16H19N5O2S. The summed E-state index contributed by atoms with van der Waals surface area (Å²) in [6.45, 7) is 2.30. The largest absolute Gasteiger partial charge is 0.333 e. The summed E-state index contributed by atoms with van der Waals surface area (Å²) in [7, 11) is 3.45. The van der Waals surface area contributed by atoms with Gasteiger partial charge in [-0.15, -0.1) is 11.3 Å². The van der Waals surface area contributed by atoms with Gasteiger partial charge >= 0.3 is 0 Å². The number of hydrogen-bond acceptors (Lipinski definition) is 5. The average molecular weight is 345 g/mol. The summed E-state index contributed by atoms with van der Waals surface area (Å²) in [6, 6.07) is 3.62. The first kappa shape index (κ1) is 16.4. The van der Waals surface area contributed by atoms with Gasteiger partial charge in [-0.25, -0.2) is 4.98 Å². The molecule has 0 spiro atoms. The Balaban J connectivity index is 1.81. The van der Waals surface area contributed by atoms with E-state index >= 15 is 0 Å². The van der Waals surface area contributed by atoms with Crippen LogP contribution in [-0.4, -0.2) is 37.6 Å². The van der Waals surface area contributed by atoms with E-state index in [1.807, 2.05) is 11.4 Å². The van der Waals surface area contributed by atoms with Gasteiger partial charge in [-0.1, -0.05) is 13.3 Å². The molecule has 0 aromatic carbocycles. The van der Waals surface area contributed by atoms with Crippen LogP contribution in [0, 0.1) is 0 Å². The summed E-state index contributed by atoms with van der Waals surface area (Å²) in [6.07, 6.45) is 1.82. The van der Waals surface area contributed by atoms with Crippen molar-refractivity contribution in [2.75, 3.05) is 7.05 Å². The molecule has 1 amide bonds. The van der Waals surface area contributed by atoms with E-state index < -0.39 is 0 Å². The van der Waals surface area contributed by atoms with Crippen LogP contribution in [0.2, 0.25) is 0 Å². The Hall–Kier alpha value is -2.48. The van der Waals surface area contributed by atoms with Gasteiger partial charge in [-0.2, -0.15) is 5.10 Å². The summed E-state index contributed by atoms with van der Waals surface area (Å²) in [5, 5.41) is 6.19. The number of aromatic amines is 1. The van der Waals surface area contributed by atoms with Gasteiger partial charge in [0.2, 0.25) is 0 Å². The lowest BCUT2D eigenvalue weighted by molar-refractivity contribution is 0.0770. The Morgan fingerprint density at radius 2 is 2.25 bits per heavy atom. The van der Waals surface area contributed by atoms with Crippen LogP contribution in [-0.2, 0) is 20.0 Å². The van der Waals surface area contributed by atoms with Crippen molar-refractivity contribution in [3.63, 3.8) is 0 Å². The maximum atomic E-state index is 12.6. The number of fused-ring (bicyclic) bond motifs is 1. The molecule has 8 heteroatoms. The van der Waals surface area contributed by atoms with Crippen molar-refractivity contribution in [1.82, 2.24) is 24.6 Å². The molecule has 1 N–H and O–H groups in total. The highest BCUT2D eigenvalue weighted by Crippen LogP contribution is 2.15. The van der Waals surface area contributed by atoms with Crippen LogP contribution in [0.1, 0.15) is 35.4 Å². The Labute approximate surface area is 142 Å². The highest BCUT2D eigenvalue weighted by Gasteiger charge is 2.18. The molecule has 0 fully saturated rings. The van der Waals surface area contributed by atoms with E-state index in [0.717, 1.165) is 18.5 Å². The highest BCUT2D eigenvalue weighted by molar-refractivity contribution is 7.17. The topological polar surface area (TPSA) is 83.9 Å². The van der Waals surface area contributed by atoms with Gasteiger partial charge in [0.25, 0.3) is 11.5 Å². The Morgan fingerprint density at radius 3 is 3.00 bits per heavy atom. The molecule has 0 atom stereocenters. The molecular weight excluding hydrogens is 326 g/mol. The predicted octanol–water partition coefficient (Wildman–Crippen LogP) is 1.94. The van der Waals surface area contributed by atoms with Gasteiger partial charge in [0, 0.05) is 14.1 Å². The third-order valence-corrected chi connectivity index (χ3v) is 4.66. The zero-order valence-electron chi connectivity index (χ0n) is 13.9. The van der Waals surface area contributed by atoms with E-state index in [4.69, 9.17) is 0 Å². The maximum Gasteiger partial charge on any atom is 0.272 e. The summed E-state index contributed by atoms with van der Waals surface area (Å²) in [5.74, 6) is 0.318.